The summed E-state index contributed by atoms with van der Waals surface area (Å²) in [5.41, 5.74) is 3.65. The first-order chi connectivity index (χ1) is 13.8. The van der Waals surface area contributed by atoms with Gasteiger partial charge in [-0.2, -0.15) is 0 Å². The molecule has 2 aromatic heterocycles. The number of piperidine rings is 1. The molecule has 5 heteroatoms. The van der Waals surface area contributed by atoms with Gasteiger partial charge in [0.15, 0.2) is 5.49 Å². The maximum Gasteiger partial charge on any atom is 0.210 e. The third kappa shape index (κ3) is 2.61. The van der Waals surface area contributed by atoms with E-state index in [0.717, 1.165) is 66.1 Å². The molecule has 0 atom stereocenters. The van der Waals surface area contributed by atoms with Crippen LogP contribution in [0.25, 0.3) is 32.6 Å². The lowest BCUT2D eigenvalue weighted by molar-refractivity contribution is 0.459. The molecular formula is C23H24N4O. The van der Waals surface area contributed by atoms with Crippen molar-refractivity contribution >= 4 is 32.6 Å². The molecule has 0 spiro atoms. The van der Waals surface area contributed by atoms with E-state index >= 15 is 0 Å². The average molecular weight is 372 g/mol. The van der Waals surface area contributed by atoms with Crippen molar-refractivity contribution in [1.82, 2.24) is 15.3 Å². The number of hydrogen-bond donors (Lipinski definition) is 2. The molecule has 0 aliphatic carbocycles. The Labute approximate surface area is 162 Å². The Bertz CT molecular complexity index is 1290. The van der Waals surface area contributed by atoms with Crippen LogP contribution in [0, 0.1) is 0 Å². The highest BCUT2D eigenvalue weighted by atomic mass is 16.1. The van der Waals surface area contributed by atoms with Crippen LogP contribution in [0.1, 0.15) is 37.7 Å². The van der Waals surface area contributed by atoms with Gasteiger partial charge in [-0.1, -0.05) is 31.2 Å². The van der Waals surface area contributed by atoms with E-state index in [0.29, 0.717) is 16.8 Å². The molecule has 5 nitrogen and oxygen atoms in total. The lowest BCUT2D eigenvalue weighted by Gasteiger charge is -2.24. The van der Waals surface area contributed by atoms with Crippen LogP contribution in [0.4, 0.5) is 0 Å². The standard InChI is InChI=1S/C23H24N4O/c1-2-10-26-23-18(14-7-11-24-12-8-14)17-9-13-25-21-19(17)20(27-23)15-5-3-4-6-16(15)22(21)28/h3-6,9,13-14,24-25H,2,7-8,10-12H2,1H3. The highest BCUT2D eigenvalue weighted by Crippen LogP contribution is 2.33. The molecule has 142 valence electrons. The van der Waals surface area contributed by atoms with Crippen LogP contribution in [0.3, 0.4) is 0 Å². The zero-order valence-electron chi connectivity index (χ0n) is 16.1. The molecule has 0 amide bonds. The molecular weight excluding hydrogens is 348 g/mol. The lowest BCUT2D eigenvalue weighted by Crippen LogP contribution is -2.30. The number of nitrogens with zero attached hydrogens (tertiary/aromatic N) is 2. The fraction of sp³-hybridized carbons (Fsp3) is 0.348. The number of pyridine rings is 2. The summed E-state index contributed by atoms with van der Waals surface area (Å²) in [4.78, 5) is 26.3. The number of benzene rings is 2. The number of rotatable bonds is 3. The quantitative estimate of drug-likeness (QED) is 0.427. The van der Waals surface area contributed by atoms with E-state index in [4.69, 9.17) is 9.98 Å². The Morgan fingerprint density at radius 3 is 2.68 bits per heavy atom. The van der Waals surface area contributed by atoms with Crippen molar-refractivity contribution < 1.29 is 0 Å². The topological polar surface area (TPSA) is 70.1 Å². The molecule has 1 fully saturated rings. The molecule has 1 aliphatic heterocycles. The van der Waals surface area contributed by atoms with Crippen molar-refractivity contribution in [2.45, 2.75) is 32.1 Å². The minimum absolute atomic E-state index is 0.0463. The summed E-state index contributed by atoms with van der Waals surface area (Å²) in [5.74, 6) is 0.418. The Balaban J connectivity index is 1.98. The van der Waals surface area contributed by atoms with Gasteiger partial charge in [0, 0.05) is 34.5 Å². The molecule has 1 saturated heterocycles. The van der Waals surface area contributed by atoms with Gasteiger partial charge in [-0.25, -0.2) is 4.98 Å². The van der Waals surface area contributed by atoms with E-state index in [-0.39, 0.29) is 5.43 Å². The molecule has 4 aromatic rings. The minimum Gasteiger partial charge on any atom is -0.358 e. The van der Waals surface area contributed by atoms with Crippen molar-refractivity contribution in [1.29, 1.82) is 0 Å². The molecule has 1 aliphatic rings. The fourth-order valence-corrected chi connectivity index (χ4v) is 4.56. The van der Waals surface area contributed by atoms with E-state index in [1.807, 2.05) is 30.5 Å². The average Bonchev–Trinajstić information content (AvgIpc) is 2.76. The van der Waals surface area contributed by atoms with Gasteiger partial charge >= 0.3 is 0 Å². The summed E-state index contributed by atoms with van der Waals surface area (Å²) in [6.07, 6.45) is 5.03. The molecule has 0 radical (unpaired) electrons. The highest BCUT2D eigenvalue weighted by Gasteiger charge is 2.23. The van der Waals surface area contributed by atoms with Gasteiger partial charge in [-0.3, -0.25) is 9.79 Å². The van der Waals surface area contributed by atoms with Gasteiger partial charge in [0.1, 0.15) is 0 Å². The number of aromatic nitrogens is 2. The summed E-state index contributed by atoms with van der Waals surface area (Å²) < 4.78 is 0. The van der Waals surface area contributed by atoms with E-state index in [1.165, 1.54) is 5.56 Å². The molecule has 0 saturated carbocycles. The van der Waals surface area contributed by atoms with Gasteiger partial charge in [-0.15, -0.1) is 0 Å². The fourth-order valence-electron chi connectivity index (χ4n) is 4.56. The third-order valence-electron chi connectivity index (χ3n) is 5.87. The van der Waals surface area contributed by atoms with Crippen molar-refractivity contribution in [2.75, 3.05) is 19.6 Å². The number of H-pyrrole nitrogens is 1. The molecule has 28 heavy (non-hydrogen) atoms. The SMILES string of the molecule is CCCN=c1nc2c3ccccc3c(=O)c3[nH]ccc(c1C1CCNCC1)c32. The van der Waals surface area contributed by atoms with E-state index in [9.17, 15) is 4.79 Å². The highest BCUT2D eigenvalue weighted by molar-refractivity contribution is 6.18. The second kappa shape index (κ2) is 6.99. The number of hydrogen-bond acceptors (Lipinski definition) is 4. The third-order valence-corrected chi connectivity index (χ3v) is 5.87. The Morgan fingerprint density at radius 2 is 1.89 bits per heavy atom. The van der Waals surface area contributed by atoms with Gasteiger partial charge in [0.05, 0.1) is 11.0 Å². The largest absolute Gasteiger partial charge is 0.358 e. The Kier molecular flexibility index (Phi) is 4.32. The first-order valence-electron chi connectivity index (χ1n) is 10.2. The van der Waals surface area contributed by atoms with Crippen molar-refractivity contribution in [3.63, 3.8) is 0 Å². The smallest absolute Gasteiger partial charge is 0.210 e. The summed E-state index contributed by atoms with van der Waals surface area (Å²) in [7, 11) is 0. The predicted octanol–water partition coefficient (Wildman–Crippen LogP) is 3.45. The normalized spacial score (nSPS) is 16.5. The van der Waals surface area contributed by atoms with Crippen molar-refractivity contribution in [3.8, 4) is 0 Å². The summed E-state index contributed by atoms with van der Waals surface area (Å²) in [6.45, 7) is 4.92. The van der Waals surface area contributed by atoms with Gasteiger partial charge in [-0.05, 0) is 49.7 Å². The van der Waals surface area contributed by atoms with E-state index in [2.05, 4.69) is 23.3 Å². The van der Waals surface area contributed by atoms with Crippen molar-refractivity contribution in [2.24, 2.45) is 4.99 Å². The number of fused-ring (bicyclic) bond motifs is 2. The molecule has 2 aromatic carbocycles. The zero-order chi connectivity index (χ0) is 19.1. The molecule has 0 unspecified atom stereocenters. The van der Waals surface area contributed by atoms with Crippen LogP contribution in [-0.2, 0) is 0 Å². The number of aromatic amines is 1. The second-order valence-electron chi connectivity index (χ2n) is 7.62. The lowest BCUT2D eigenvalue weighted by atomic mass is 9.87. The summed E-state index contributed by atoms with van der Waals surface area (Å²) in [6, 6.07) is 9.87. The summed E-state index contributed by atoms with van der Waals surface area (Å²) >= 11 is 0. The maximum atomic E-state index is 13.1. The van der Waals surface area contributed by atoms with Gasteiger partial charge in [0.25, 0.3) is 0 Å². The second-order valence-corrected chi connectivity index (χ2v) is 7.62. The minimum atomic E-state index is 0.0463. The summed E-state index contributed by atoms with van der Waals surface area (Å²) in [5, 5.41) is 7.15. The Hall–Kier alpha value is -2.79. The first kappa shape index (κ1) is 17.3. The van der Waals surface area contributed by atoms with Crippen LogP contribution in [-0.4, -0.2) is 29.6 Å². The number of nitrogens with one attached hydrogen (secondary N) is 2. The van der Waals surface area contributed by atoms with Crippen LogP contribution >= 0.6 is 0 Å². The molecule has 2 N–H and O–H groups in total. The van der Waals surface area contributed by atoms with E-state index in [1.54, 1.807) is 0 Å². The van der Waals surface area contributed by atoms with Gasteiger partial charge < -0.3 is 10.3 Å². The monoisotopic (exact) mass is 372 g/mol. The Morgan fingerprint density at radius 1 is 1.11 bits per heavy atom. The maximum absolute atomic E-state index is 13.1. The van der Waals surface area contributed by atoms with Crippen molar-refractivity contribution in [3.05, 3.63) is 57.8 Å². The molecule has 5 rings (SSSR count). The molecule has 0 bridgehead atoms. The zero-order valence-corrected chi connectivity index (χ0v) is 16.1. The van der Waals surface area contributed by atoms with E-state index < -0.39 is 0 Å². The predicted molar refractivity (Wildman–Crippen MR) is 114 cm³/mol. The van der Waals surface area contributed by atoms with Crippen LogP contribution < -0.4 is 16.2 Å². The molecule has 3 heterocycles. The van der Waals surface area contributed by atoms with Crippen LogP contribution in [0.2, 0.25) is 0 Å². The first-order valence-corrected chi connectivity index (χ1v) is 10.2. The van der Waals surface area contributed by atoms with Crippen LogP contribution in [0.15, 0.2) is 46.3 Å². The van der Waals surface area contributed by atoms with Gasteiger partial charge in [0.2, 0.25) is 5.43 Å². The van der Waals surface area contributed by atoms with Crippen LogP contribution in [0.5, 0.6) is 0 Å².